The largest absolute Gasteiger partial charge is 0.337 e. The van der Waals surface area contributed by atoms with Crippen LogP contribution in [0.4, 0.5) is 0 Å². The zero-order chi connectivity index (χ0) is 12.3. The average Bonchev–Trinajstić information content (AvgIpc) is 2.91. The number of nitriles is 1. The van der Waals surface area contributed by atoms with Crippen LogP contribution in [0.15, 0.2) is 12.5 Å². The minimum atomic E-state index is 0.201. The average molecular weight is 232 g/mol. The molecule has 0 aliphatic heterocycles. The molecule has 1 aromatic rings. The fraction of sp³-hybridized carbons (Fsp3) is 0.692. The quantitative estimate of drug-likeness (QED) is 0.814. The zero-order valence-corrected chi connectivity index (χ0v) is 10.4. The Bertz CT molecular complexity index is 411. The summed E-state index contributed by atoms with van der Waals surface area (Å²) >= 11 is 0. The SMILES string of the molecule is CCC(N)Cc1cn(CC2(CC#N)CC2)cn1. The monoisotopic (exact) mass is 232 g/mol. The number of hydrogen-bond acceptors (Lipinski definition) is 3. The molecule has 1 fully saturated rings. The summed E-state index contributed by atoms with van der Waals surface area (Å²) in [5.41, 5.74) is 7.21. The molecular weight excluding hydrogens is 212 g/mol. The summed E-state index contributed by atoms with van der Waals surface area (Å²) in [7, 11) is 0. The highest BCUT2D eigenvalue weighted by molar-refractivity contribution is 5.04. The minimum absolute atomic E-state index is 0.201. The molecule has 17 heavy (non-hydrogen) atoms. The highest BCUT2D eigenvalue weighted by Gasteiger charge is 2.42. The molecule has 0 saturated heterocycles. The molecule has 2 N–H and O–H groups in total. The molecule has 0 bridgehead atoms. The van der Waals surface area contributed by atoms with Gasteiger partial charge in [0.15, 0.2) is 0 Å². The van der Waals surface area contributed by atoms with E-state index in [0.717, 1.165) is 25.1 Å². The Balaban J connectivity index is 1.93. The first-order valence-electron chi connectivity index (χ1n) is 6.30. The standard InChI is InChI=1S/C13H20N4/c1-2-11(15)7-12-8-17(10-16-12)9-13(3-4-13)5-6-14/h8,10-11H,2-5,7,9,15H2,1H3. The number of hydrogen-bond donors (Lipinski definition) is 1. The van der Waals surface area contributed by atoms with Gasteiger partial charge in [0.1, 0.15) is 0 Å². The normalized spacial score (nSPS) is 18.6. The maximum atomic E-state index is 8.78. The van der Waals surface area contributed by atoms with E-state index in [9.17, 15) is 0 Å². The molecule has 1 aliphatic rings. The Hall–Kier alpha value is -1.34. The predicted molar refractivity (Wildman–Crippen MR) is 66.1 cm³/mol. The van der Waals surface area contributed by atoms with Gasteiger partial charge in [-0.2, -0.15) is 5.26 Å². The lowest BCUT2D eigenvalue weighted by Crippen LogP contribution is -2.21. The third kappa shape index (κ3) is 3.07. The number of imidazole rings is 1. The first-order valence-corrected chi connectivity index (χ1v) is 6.30. The Morgan fingerprint density at radius 3 is 3.00 bits per heavy atom. The molecule has 1 aliphatic carbocycles. The Morgan fingerprint density at radius 2 is 2.41 bits per heavy atom. The van der Waals surface area contributed by atoms with Gasteiger partial charge in [-0.1, -0.05) is 6.92 Å². The maximum Gasteiger partial charge on any atom is 0.0949 e. The Kier molecular flexibility index (Phi) is 3.49. The molecule has 1 aromatic heterocycles. The van der Waals surface area contributed by atoms with Crippen molar-refractivity contribution < 1.29 is 0 Å². The van der Waals surface area contributed by atoms with Gasteiger partial charge < -0.3 is 10.3 Å². The lowest BCUT2D eigenvalue weighted by atomic mass is 10.0. The van der Waals surface area contributed by atoms with Gasteiger partial charge >= 0.3 is 0 Å². The van der Waals surface area contributed by atoms with Crippen molar-refractivity contribution in [3.05, 3.63) is 18.2 Å². The van der Waals surface area contributed by atoms with Gasteiger partial charge in [-0.15, -0.1) is 0 Å². The van der Waals surface area contributed by atoms with E-state index in [4.69, 9.17) is 11.0 Å². The fourth-order valence-electron chi connectivity index (χ4n) is 2.13. The van der Waals surface area contributed by atoms with Gasteiger partial charge in [-0.05, 0) is 19.3 Å². The first-order chi connectivity index (χ1) is 8.17. The molecular formula is C13H20N4. The molecule has 92 valence electrons. The van der Waals surface area contributed by atoms with Crippen molar-refractivity contribution in [2.45, 2.75) is 51.6 Å². The molecule has 4 nitrogen and oxygen atoms in total. The van der Waals surface area contributed by atoms with E-state index in [0.29, 0.717) is 6.42 Å². The zero-order valence-electron chi connectivity index (χ0n) is 10.4. The summed E-state index contributed by atoms with van der Waals surface area (Å²) in [6, 6.07) is 2.49. The van der Waals surface area contributed by atoms with Gasteiger partial charge in [0.2, 0.25) is 0 Å². The van der Waals surface area contributed by atoms with Crippen LogP contribution in [0.1, 0.15) is 38.3 Å². The van der Waals surface area contributed by atoms with Gasteiger partial charge in [-0.25, -0.2) is 4.98 Å². The van der Waals surface area contributed by atoms with E-state index in [-0.39, 0.29) is 11.5 Å². The predicted octanol–water partition coefficient (Wildman–Crippen LogP) is 1.86. The molecule has 0 aromatic carbocycles. The van der Waals surface area contributed by atoms with Crippen LogP contribution < -0.4 is 5.73 Å². The van der Waals surface area contributed by atoms with Crippen molar-refractivity contribution >= 4 is 0 Å². The van der Waals surface area contributed by atoms with E-state index in [1.807, 2.05) is 6.33 Å². The molecule has 0 amide bonds. The van der Waals surface area contributed by atoms with Crippen LogP contribution >= 0.6 is 0 Å². The van der Waals surface area contributed by atoms with Gasteiger partial charge in [0.25, 0.3) is 0 Å². The first kappa shape index (κ1) is 12.1. The molecule has 2 rings (SSSR count). The molecule has 1 atom stereocenters. The lowest BCUT2D eigenvalue weighted by Gasteiger charge is -2.11. The van der Waals surface area contributed by atoms with Crippen molar-refractivity contribution in [1.82, 2.24) is 9.55 Å². The van der Waals surface area contributed by atoms with Crippen molar-refractivity contribution in [3.8, 4) is 6.07 Å². The van der Waals surface area contributed by atoms with Crippen LogP contribution in [-0.4, -0.2) is 15.6 Å². The second kappa shape index (κ2) is 4.89. The van der Waals surface area contributed by atoms with Crippen molar-refractivity contribution in [2.75, 3.05) is 0 Å². The summed E-state index contributed by atoms with van der Waals surface area (Å²) in [6.07, 6.45) is 8.77. The highest BCUT2D eigenvalue weighted by Crippen LogP contribution is 2.49. The van der Waals surface area contributed by atoms with Crippen LogP contribution in [-0.2, 0) is 13.0 Å². The van der Waals surface area contributed by atoms with Crippen molar-refractivity contribution in [3.63, 3.8) is 0 Å². The third-order valence-electron chi connectivity index (χ3n) is 3.61. The fourth-order valence-corrected chi connectivity index (χ4v) is 2.13. The van der Waals surface area contributed by atoms with Gasteiger partial charge in [0.05, 0.1) is 18.1 Å². The summed E-state index contributed by atoms with van der Waals surface area (Å²) in [4.78, 5) is 4.38. The molecule has 4 heteroatoms. The highest BCUT2D eigenvalue weighted by atomic mass is 15.0. The number of nitrogens with zero attached hydrogens (tertiary/aromatic N) is 3. The second-order valence-corrected chi connectivity index (χ2v) is 5.24. The second-order valence-electron chi connectivity index (χ2n) is 5.24. The molecule has 1 unspecified atom stereocenters. The minimum Gasteiger partial charge on any atom is -0.337 e. The van der Waals surface area contributed by atoms with Crippen LogP contribution in [0, 0.1) is 16.7 Å². The number of nitrogens with two attached hydrogens (primary N) is 1. The van der Waals surface area contributed by atoms with E-state index < -0.39 is 0 Å². The topological polar surface area (TPSA) is 67.6 Å². The summed E-state index contributed by atoms with van der Waals surface area (Å²) < 4.78 is 2.11. The van der Waals surface area contributed by atoms with Crippen molar-refractivity contribution in [1.29, 1.82) is 5.26 Å². The van der Waals surface area contributed by atoms with Crippen LogP contribution in [0.25, 0.3) is 0 Å². The van der Waals surface area contributed by atoms with E-state index in [2.05, 4.69) is 28.7 Å². The summed E-state index contributed by atoms with van der Waals surface area (Å²) in [5, 5.41) is 8.78. The van der Waals surface area contributed by atoms with Crippen LogP contribution in [0.3, 0.4) is 0 Å². The Labute approximate surface area is 102 Å². The molecule has 0 spiro atoms. The van der Waals surface area contributed by atoms with Gasteiger partial charge in [-0.3, -0.25) is 0 Å². The van der Waals surface area contributed by atoms with E-state index >= 15 is 0 Å². The Morgan fingerprint density at radius 1 is 1.65 bits per heavy atom. The van der Waals surface area contributed by atoms with E-state index in [1.54, 1.807) is 0 Å². The van der Waals surface area contributed by atoms with Crippen LogP contribution in [0.5, 0.6) is 0 Å². The smallest absolute Gasteiger partial charge is 0.0949 e. The molecule has 0 radical (unpaired) electrons. The van der Waals surface area contributed by atoms with Crippen molar-refractivity contribution in [2.24, 2.45) is 11.1 Å². The summed E-state index contributed by atoms with van der Waals surface area (Å²) in [6.45, 7) is 3.02. The lowest BCUT2D eigenvalue weighted by molar-refractivity contribution is 0.431. The molecule has 1 saturated carbocycles. The maximum absolute atomic E-state index is 8.78. The number of aromatic nitrogens is 2. The van der Waals surface area contributed by atoms with Crippen LogP contribution in [0.2, 0.25) is 0 Å². The number of rotatable bonds is 6. The third-order valence-corrected chi connectivity index (χ3v) is 3.61. The summed E-state index contributed by atoms with van der Waals surface area (Å²) in [5.74, 6) is 0. The molecule has 1 heterocycles. The van der Waals surface area contributed by atoms with E-state index in [1.165, 1.54) is 12.8 Å². The van der Waals surface area contributed by atoms with Gasteiger partial charge in [0, 0.05) is 37.0 Å².